The molecule has 0 unspecified atom stereocenters. The highest BCUT2D eigenvalue weighted by Crippen LogP contribution is 2.28. The second-order valence-corrected chi connectivity index (χ2v) is 4.80. The van der Waals surface area contributed by atoms with E-state index in [4.69, 9.17) is 27.9 Å². The van der Waals surface area contributed by atoms with E-state index < -0.39 is 0 Å². The molecule has 0 aromatic heterocycles. The molecule has 0 saturated carbocycles. The number of methoxy groups -OCH3 is 1. The van der Waals surface area contributed by atoms with Gasteiger partial charge < -0.3 is 15.2 Å². The molecule has 0 radical (unpaired) electrons. The van der Waals surface area contributed by atoms with E-state index in [1.165, 1.54) is 7.11 Å². The molecule has 2 aromatic carbocycles. The number of rotatable bonds is 4. The summed E-state index contributed by atoms with van der Waals surface area (Å²) in [6, 6.07) is 10.6. The maximum Gasteiger partial charge on any atom is 0.160 e. The minimum absolute atomic E-state index is 0.126. The minimum Gasteiger partial charge on any atom is -0.504 e. The normalized spacial score (nSPS) is 10.3. The fraction of sp³-hybridized carbons (Fsp3) is 0.143. The van der Waals surface area contributed by atoms with E-state index in [1.807, 2.05) is 12.1 Å². The Bertz CT molecular complexity index is 588. The van der Waals surface area contributed by atoms with Crippen molar-refractivity contribution >= 4 is 28.9 Å². The Morgan fingerprint density at radius 1 is 1.11 bits per heavy atom. The first kappa shape index (κ1) is 13.8. The number of hydrogen-bond acceptors (Lipinski definition) is 3. The Hall–Kier alpha value is -1.58. The molecule has 0 spiro atoms. The van der Waals surface area contributed by atoms with Crippen LogP contribution in [0.5, 0.6) is 11.5 Å². The second kappa shape index (κ2) is 6.04. The summed E-state index contributed by atoms with van der Waals surface area (Å²) in [4.78, 5) is 0. The number of ether oxygens (including phenoxy) is 1. The summed E-state index contributed by atoms with van der Waals surface area (Å²) >= 11 is 11.8. The van der Waals surface area contributed by atoms with Crippen LogP contribution in [0, 0.1) is 0 Å². The lowest BCUT2D eigenvalue weighted by Gasteiger charge is -2.09. The summed E-state index contributed by atoms with van der Waals surface area (Å²) in [7, 11) is 1.52. The third-order valence-corrected chi connectivity index (χ3v) is 3.40. The Morgan fingerprint density at radius 3 is 2.58 bits per heavy atom. The first-order valence-corrected chi connectivity index (χ1v) is 6.40. The predicted molar refractivity (Wildman–Crippen MR) is 78.4 cm³/mol. The Kier molecular flexibility index (Phi) is 4.40. The van der Waals surface area contributed by atoms with Gasteiger partial charge in [0.25, 0.3) is 0 Å². The van der Waals surface area contributed by atoms with Crippen molar-refractivity contribution < 1.29 is 9.84 Å². The van der Waals surface area contributed by atoms with Crippen LogP contribution in [0.15, 0.2) is 36.4 Å². The van der Waals surface area contributed by atoms with Crippen molar-refractivity contribution in [3.8, 4) is 11.5 Å². The fourth-order valence-electron chi connectivity index (χ4n) is 1.64. The van der Waals surface area contributed by atoms with E-state index in [2.05, 4.69) is 5.32 Å². The number of nitrogens with one attached hydrogen (secondary N) is 1. The number of benzene rings is 2. The maximum absolute atomic E-state index is 9.51. The standard InChI is InChI=1S/C14H13Cl2NO2/c1-19-14-6-9(2-5-13(14)18)8-17-10-3-4-11(15)12(16)7-10/h2-7,17-18H,8H2,1H3. The molecule has 3 nitrogen and oxygen atoms in total. The summed E-state index contributed by atoms with van der Waals surface area (Å²) < 4.78 is 5.06. The van der Waals surface area contributed by atoms with Crippen molar-refractivity contribution in [2.45, 2.75) is 6.54 Å². The molecule has 0 heterocycles. The quantitative estimate of drug-likeness (QED) is 0.883. The van der Waals surface area contributed by atoms with Gasteiger partial charge in [-0.25, -0.2) is 0 Å². The van der Waals surface area contributed by atoms with Gasteiger partial charge in [0.15, 0.2) is 11.5 Å². The van der Waals surface area contributed by atoms with Crippen LogP contribution in [0.2, 0.25) is 10.0 Å². The van der Waals surface area contributed by atoms with Gasteiger partial charge in [-0.05, 0) is 35.9 Å². The highest BCUT2D eigenvalue weighted by atomic mass is 35.5. The van der Waals surface area contributed by atoms with Crippen molar-refractivity contribution in [3.05, 3.63) is 52.0 Å². The van der Waals surface area contributed by atoms with Crippen molar-refractivity contribution in [3.63, 3.8) is 0 Å². The summed E-state index contributed by atoms with van der Waals surface area (Å²) in [6.45, 7) is 0.592. The number of halogens is 2. The van der Waals surface area contributed by atoms with Crippen molar-refractivity contribution in [2.24, 2.45) is 0 Å². The third kappa shape index (κ3) is 3.46. The number of phenols is 1. The van der Waals surface area contributed by atoms with Crippen LogP contribution in [-0.4, -0.2) is 12.2 Å². The van der Waals surface area contributed by atoms with E-state index in [0.29, 0.717) is 22.3 Å². The minimum atomic E-state index is 0.126. The molecule has 0 aliphatic rings. The number of hydrogen-bond donors (Lipinski definition) is 2. The molecule has 0 aliphatic heterocycles. The van der Waals surface area contributed by atoms with Gasteiger partial charge in [0.05, 0.1) is 17.2 Å². The summed E-state index contributed by atoms with van der Waals surface area (Å²) in [5.41, 5.74) is 1.86. The molecule has 5 heteroatoms. The number of aromatic hydroxyl groups is 1. The zero-order valence-electron chi connectivity index (χ0n) is 10.3. The highest BCUT2D eigenvalue weighted by molar-refractivity contribution is 6.42. The van der Waals surface area contributed by atoms with Crippen LogP contribution in [0.25, 0.3) is 0 Å². The van der Waals surface area contributed by atoms with E-state index in [1.54, 1.807) is 24.3 Å². The third-order valence-electron chi connectivity index (χ3n) is 2.66. The van der Waals surface area contributed by atoms with E-state index in [-0.39, 0.29) is 5.75 Å². The van der Waals surface area contributed by atoms with Gasteiger partial charge in [-0.2, -0.15) is 0 Å². The molecule has 19 heavy (non-hydrogen) atoms. The molecular formula is C14H13Cl2NO2. The molecule has 0 aliphatic carbocycles. The van der Waals surface area contributed by atoms with Gasteiger partial charge >= 0.3 is 0 Å². The lowest BCUT2D eigenvalue weighted by molar-refractivity contribution is 0.373. The zero-order valence-corrected chi connectivity index (χ0v) is 11.8. The van der Waals surface area contributed by atoms with Gasteiger partial charge in [0.1, 0.15) is 0 Å². The van der Waals surface area contributed by atoms with Crippen LogP contribution in [0.4, 0.5) is 5.69 Å². The smallest absolute Gasteiger partial charge is 0.160 e. The average molecular weight is 298 g/mol. The maximum atomic E-state index is 9.51. The SMILES string of the molecule is COc1cc(CNc2ccc(Cl)c(Cl)c2)ccc1O. The molecule has 2 rings (SSSR count). The van der Waals surface area contributed by atoms with Gasteiger partial charge in [-0.15, -0.1) is 0 Å². The Labute approximate surface area is 121 Å². The van der Waals surface area contributed by atoms with Gasteiger partial charge in [-0.1, -0.05) is 29.3 Å². The zero-order chi connectivity index (χ0) is 13.8. The molecule has 2 aromatic rings. The Balaban J connectivity index is 2.07. The molecule has 0 amide bonds. The highest BCUT2D eigenvalue weighted by Gasteiger charge is 2.03. The van der Waals surface area contributed by atoms with Gasteiger partial charge in [0.2, 0.25) is 0 Å². The molecule has 0 fully saturated rings. The number of phenolic OH excluding ortho intramolecular Hbond substituents is 1. The topological polar surface area (TPSA) is 41.5 Å². The van der Waals surface area contributed by atoms with E-state index in [9.17, 15) is 5.11 Å². The Morgan fingerprint density at radius 2 is 1.89 bits per heavy atom. The number of anilines is 1. The van der Waals surface area contributed by atoms with Gasteiger partial charge in [0, 0.05) is 12.2 Å². The van der Waals surface area contributed by atoms with Crippen LogP contribution in [0.3, 0.4) is 0 Å². The first-order valence-electron chi connectivity index (χ1n) is 5.65. The van der Waals surface area contributed by atoms with Crippen molar-refractivity contribution in [1.29, 1.82) is 0 Å². The molecule has 0 bridgehead atoms. The van der Waals surface area contributed by atoms with Crippen LogP contribution in [0.1, 0.15) is 5.56 Å². The molecule has 100 valence electrons. The summed E-state index contributed by atoms with van der Waals surface area (Å²) in [5, 5.41) is 13.8. The van der Waals surface area contributed by atoms with Crippen LogP contribution in [-0.2, 0) is 6.54 Å². The second-order valence-electron chi connectivity index (χ2n) is 3.99. The summed E-state index contributed by atoms with van der Waals surface area (Å²) in [5.74, 6) is 0.578. The first-order chi connectivity index (χ1) is 9.10. The van der Waals surface area contributed by atoms with E-state index >= 15 is 0 Å². The van der Waals surface area contributed by atoms with Crippen LogP contribution >= 0.6 is 23.2 Å². The van der Waals surface area contributed by atoms with E-state index in [0.717, 1.165) is 11.3 Å². The average Bonchev–Trinajstić information content (AvgIpc) is 2.41. The lowest BCUT2D eigenvalue weighted by Crippen LogP contribution is -1.99. The molecular weight excluding hydrogens is 285 g/mol. The summed E-state index contributed by atoms with van der Waals surface area (Å²) in [6.07, 6.45) is 0. The largest absolute Gasteiger partial charge is 0.504 e. The molecule has 2 N–H and O–H groups in total. The molecule has 0 saturated heterocycles. The monoisotopic (exact) mass is 297 g/mol. The van der Waals surface area contributed by atoms with Gasteiger partial charge in [-0.3, -0.25) is 0 Å². The predicted octanol–water partition coefficient (Wildman–Crippen LogP) is 4.32. The van der Waals surface area contributed by atoms with Crippen LogP contribution < -0.4 is 10.1 Å². The van der Waals surface area contributed by atoms with Crippen molar-refractivity contribution in [2.75, 3.05) is 12.4 Å². The van der Waals surface area contributed by atoms with Crippen molar-refractivity contribution in [1.82, 2.24) is 0 Å². The molecule has 0 atom stereocenters. The fourth-order valence-corrected chi connectivity index (χ4v) is 1.94. The lowest BCUT2D eigenvalue weighted by atomic mass is 10.2.